The Morgan fingerprint density at radius 1 is 1.00 bits per heavy atom. The first-order valence-electron chi connectivity index (χ1n) is 5.85. The van der Waals surface area contributed by atoms with Crippen LogP contribution < -0.4 is 0 Å². The highest BCUT2D eigenvalue weighted by Gasteiger charge is 2.00. The molecule has 0 unspecified atom stereocenters. The second-order valence-electron chi connectivity index (χ2n) is 3.98. The van der Waals surface area contributed by atoms with Crippen LogP contribution in [0.4, 0.5) is 0 Å². The van der Waals surface area contributed by atoms with Crippen LogP contribution in [-0.2, 0) is 6.42 Å². The maximum atomic E-state index is 9.54. The molecule has 0 spiro atoms. The van der Waals surface area contributed by atoms with Gasteiger partial charge in [-0.05, 0) is 42.3 Å². The molecule has 2 aromatic rings. The van der Waals surface area contributed by atoms with Crippen molar-refractivity contribution in [2.75, 3.05) is 0 Å². The highest BCUT2D eigenvalue weighted by atomic mass is 16.3. The summed E-state index contributed by atoms with van der Waals surface area (Å²) >= 11 is 0. The summed E-state index contributed by atoms with van der Waals surface area (Å²) in [6.45, 7) is 1.95. The van der Waals surface area contributed by atoms with Crippen LogP contribution in [0.25, 0.3) is 12.2 Å². The molecule has 3 nitrogen and oxygen atoms in total. The Bertz CT molecular complexity index is 559. The van der Waals surface area contributed by atoms with Crippen LogP contribution in [0.1, 0.15) is 23.9 Å². The number of phenols is 1. The van der Waals surface area contributed by atoms with Crippen LogP contribution in [0.2, 0.25) is 0 Å². The fraction of sp³-hybridized carbons (Fsp3) is 0.133. The van der Waals surface area contributed by atoms with Crippen LogP contribution >= 0.6 is 0 Å². The summed E-state index contributed by atoms with van der Waals surface area (Å²) in [7, 11) is 0. The Kier molecular flexibility index (Phi) is 3.63. The quantitative estimate of drug-likeness (QED) is 0.867. The third kappa shape index (κ3) is 2.88. The van der Waals surface area contributed by atoms with Gasteiger partial charge in [0.15, 0.2) is 0 Å². The van der Waals surface area contributed by atoms with Gasteiger partial charge in [0.25, 0.3) is 0 Å². The smallest absolute Gasteiger partial charge is 0.137 e. The summed E-state index contributed by atoms with van der Waals surface area (Å²) < 4.78 is 0. The van der Waals surface area contributed by atoms with Crippen LogP contribution in [0.15, 0.2) is 36.4 Å². The monoisotopic (exact) mass is 241 g/mol. The van der Waals surface area contributed by atoms with Crippen molar-refractivity contribution in [2.45, 2.75) is 13.3 Å². The molecule has 2 N–H and O–H groups in total. The lowest BCUT2D eigenvalue weighted by Crippen LogP contribution is -1.90. The van der Waals surface area contributed by atoms with E-state index in [1.54, 1.807) is 24.3 Å². The average molecular weight is 241 g/mol. The van der Waals surface area contributed by atoms with Crippen molar-refractivity contribution in [3.05, 3.63) is 53.3 Å². The zero-order valence-corrected chi connectivity index (χ0v) is 10.2. The second-order valence-corrected chi connectivity index (χ2v) is 3.98. The summed E-state index contributed by atoms with van der Waals surface area (Å²) in [5.74, 6) is 0.488. The van der Waals surface area contributed by atoms with Crippen molar-refractivity contribution in [2.24, 2.45) is 0 Å². The average Bonchev–Trinajstić information content (AvgIpc) is 2.39. The van der Waals surface area contributed by atoms with Crippen molar-refractivity contribution in [1.82, 2.24) is 4.98 Å². The van der Waals surface area contributed by atoms with E-state index in [1.165, 1.54) is 0 Å². The highest BCUT2D eigenvalue weighted by molar-refractivity contribution is 5.68. The maximum absolute atomic E-state index is 9.54. The summed E-state index contributed by atoms with van der Waals surface area (Å²) in [6.07, 6.45) is 4.50. The summed E-state index contributed by atoms with van der Waals surface area (Å²) in [5, 5.41) is 18.7. The Labute approximate surface area is 106 Å². The molecule has 92 valence electrons. The van der Waals surface area contributed by atoms with Gasteiger partial charge in [0.1, 0.15) is 11.5 Å². The van der Waals surface area contributed by atoms with Crippen molar-refractivity contribution in [3.63, 3.8) is 0 Å². The van der Waals surface area contributed by atoms with E-state index in [9.17, 15) is 10.2 Å². The highest BCUT2D eigenvalue weighted by Crippen LogP contribution is 2.17. The minimum atomic E-state index is 0.235. The van der Waals surface area contributed by atoms with Gasteiger partial charge in [-0.3, -0.25) is 0 Å². The van der Waals surface area contributed by atoms with E-state index >= 15 is 0 Å². The number of pyridine rings is 1. The predicted octanol–water partition coefficient (Wildman–Crippen LogP) is 3.23. The van der Waals surface area contributed by atoms with Gasteiger partial charge in [-0.2, -0.15) is 0 Å². The predicted molar refractivity (Wildman–Crippen MR) is 72.3 cm³/mol. The molecule has 1 aromatic heterocycles. The Morgan fingerprint density at radius 3 is 2.39 bits per heavy atom. The summed E-state index contributed by atoms with van der Waals surface area (Å²) in [5.41, 5.74) is 2.49. The van der Waals surface area contributed by atoms with E-state index in [1.807, 2.05) is 31.2 Å². The Hall–Kier alpha value is -2.29. The normalized spacial score (nSPS) is 10.9. The van der Waals surface area contributed by atoms with E-state index in [0.29, 0.717) is 12.1 Å². The van der Waals surface area contributed by atoms with Gasteiger partial charge in [-0.1, -0.05) is 25.1 Å². The first-order chi connectivity index (χ1) is 8.69. The van der Waals surface area contributed by atoms with Crippen molar-refractivity contribution >= 4 is 12.2 Å². The molecule has 18 heavy (non-hydrogen) atoms. The van der Waals surface area contributed by atoms with Gasteiger partial charge in [0.2, 0.25) is 0 Å². The zero-order valence-electron chi connectivity index (χ0n) is 10.2. The largest absolute Gasteiger partial charge is 0.508 e. The molecule has 0 aliphatic rings. The number of aromatic hydroxyl groups is 2. The molecule has 0 aliphatic carbocycles. The molecule has 0 saturated heterocycles. The van der Waals surface area contributed by atoms with E-state index in [0.717, 1.165) is 11.3 Å². The molecule has 0 fully saturated rings. The minimum absolute atomic E-state index is 0.235. The van der Waals surface area contributed by atoms with Crippen molar-refractivity contribution < 1.29 is 10.2 Å². The molecule has 0 radical (unpaired) electrons. The maximum Gasteiger partial charge on any atom is 0.137 e. The summed E-state index contributed by atoms with van der Waals surface area (Å²) in [4.78, 5) is 4.34. The topological polar surface area (TPSA) is 53.4 Å². The number of hydrogen-bond donors (Lipinski definition) is 2. The minimum Gasteiger partial charge on any atom is -0.508 e. The molecule has 0 saturated carbocycles. The van der Waals surface area contributed by atoms with E-state index in [2.05, 4.69) is 4.98 Å². The second kappa shape index (κ2) is 5.36. The Morgan fingerprint density at radius 2 is 1.72 bits per heavy atom. The number of benzene rings is 1. The number of nitrogens with zero attached hydrogens (tertiary/aromatic N) is 1. The third-order valence-corrected chi connectivity index (χ3v) is 2.65. The van der Waals surface area contributed by atoms with Crippen LogP contribution in [0.3, 0.4) is 0 Å². The standard InChI is InChI=1S/C15H15NO2/c1-2-14-15(18)10-7-12(16-14)6-3-11-4-8-13(17)9-5-11/h3-10,17-18H,2H2,1H3/b6-3+. The molecule has 2 rings (SSSR count). The third-order valence-electron chi connectivity index (χ3n) is 2.65. The molecule has 0 amide bonds. The SMILES string of the molecule is CCc1nc(/C=C/c2ccc(O)cc2)ccc1O. The fourth-order valence-electron chi connectivity index (χ4n) is 1.63. The van der Waals surface area contributed by atoms with Gasteiger partial charge < -0.3 is 10.2 Å². The number of hydrogen-bond acceptors (Lipinski definition) is 3. The van der Waals surface area contributed by atoms with Gasteiger partial charge in [0.05, 0.1) is 11.4 Å². The lowest BCUT2D eigenvalue weighted by atomic mass is 10.2. The molecule has 0 atom stereocenters. The number of phenolic OH excluding ortho intramolecular Hbond substituents is 1. The molecular weight excluding hydrogens is 226 g/mol. The number of aryl methyl sites for hydroxylation is 1. The van der Waals surface area contributed by atoms with E-state index in [4.69, 9.17) is 0 Å². The van der Waals surface area contributed by atoms with Crippen molar-refractivity contribution in [1.29, 1.82) is 0 Å². The number of aromatic nitrogens is 1. The van der Waals surface area contributed by atoms with E-state index < -0.39 is 0 Å². The lowest BCUT2D eigenvalue weighted by molar-refractivity contribution is 0.464. The lowest BCUT2D eigenvalue weighted by Gasteiger charge is -2.01. The number of rotatable bonds is 3. The van der Waals surface area contributed by atoms with Gasteiger partial charge in [0, 0.05) is 0 Å². The van der Waals surface area contributed by atoms with Crippen molar-refractivity contribution in [3.8, 4) is 11.5 Å². The van der Waals surface area contributed by atoms with E-state index in [-0.39, 0.29) is 11.5 Å². The summed E-state index contributed by atoms with van der Waals surface area (Å²) in [6, 6.07) is 10.4. The van der Waals surface area contributed by atoms with Gasteiger partial charge in [-0.25, -0.2) is 4.98 Å². The molecule has 0 aliphatic heterocycles. The molecule has 1 heterocycles. The Balaban J connectivity index is 2.20. The van der Waals surface area contributed by atoms with Gasteiger partial charge in [-0.15, -0.1) is 0 Å². The molecular formula is C15H15NO2. The zero-order chi connectivity index (χ0) is 13.0. The fourth-order valence-corrected chi connectivity index (χ4v) is 1.63. The van der Waals surface area contributed by atoms with Crippen LogP contribution in [-0.4, -0.2) is 15.2 Å². The molecule has 0 bridgehead atoms. The first-order valence-corrected chi connectivity index (χ1v) is 5.85. The van der Waals surface area contributed by atoms with Crippen LogP contribution in [0.5, 0.6) is 11.5 Å². The van der Waals surface area contributed by atoms with Crippen LogP contribution in [0, 0.1) is 0 Å². The molecule has 1 aromatic carbocycles. The van der Waals surface area contributed by atoms with Gasteiger partial charge >= 0.3 is 0 Å². The first kappa shape index (κ1) is 12.2. The molecule has 3 heteroatoms.